The maximum Gasteiger partial charge on any atom is 0.123 e. The first-order valence-electron chi connectivity index (χ1n) is 7.32. The van der Waals surface area contributed by atoms with Crippen LogP contribution in [0.4, 0.5) is 0 Å². The SMILES string of the molecule is CCc1ccc(-c2nc(CN3CCNCC3)cs2)cc1. The van der Waals surface area contributed by atoms with Gasteiger partial charge in [-0.25, -0.2) is 4.98 Å². The molecule has 0 bridgehead atoms. The number of hydrogen-bond acceptors (Lipinski definition) is 4. The summed E-state index contributed by atoms with van der Waals surface area (Å²) in [7, 11) is 0. The first-order valence-corrected chi connectivity index (χ1v) is 8.20. The summed E-state index contributed by atoms with van der Waals surface area (Å²) < 4.78 is 0. The van der Waals surface area contributed by atoms with Gasteiger partial charge in [0.15, 0.2) is 0 Å². The van der Waals surface area contributed by atoms with Gasteiger partial charge in [-0.05, 0) is 12.0 Å². The molecular weight excluding hydrogens is 266 g/mol. The van der Waals surface area contributed by atoms with Gasteiger partial charge in [0.2, 0.25) is 0 Å². The van der Waals surface area contributed by atoms with E-state index in [-0.39, 0.29) is 0 Å². The van der Waals surface area contributed by atoms with E-state index in [1.54, 1.807) is 11.3 Å². The maximum absolute atomic E-state index is 4.79. The Morgan fingerprint density at radius 2 is 1.95 bits per heavy atom. The van der Waals surface area contributed by atoms with Gasteiger partial charge in [-0.15, -0.1) is 11.3 Å². The number of piperazine rings is 1. The van der Waals surface area contributed by atoms with Crippen molar-refractivity contribution in [1.29, 1.82) is 0 Å². The third-order valence-corrected chi connectivity index (χ3v) is 4.70. The van der Waals surface area contributed by atoms with E-state index in [4.69, 9.17) is 4.98 Å². The van der Waals surface area contributed by atoms with Gasteiger partial charge in [0.1, 0.15) is 5.01 Å². The van der Waals surface area contributed by atoms with Crippen LogP contribution in [-0.2, 0) is 13.0 Å². The maximum atomic E-state index is 4.79. The first kappa shape index (κ1) is 13.7. The van der Waals surface area contributed by atoms with Crippen LogP contribution in [0, 0.1) is 0 Å². The highest BCUT2D eigenvalue weighted by atomic mass is 32.1. The number of nitrogens with zero attached hydrogens (tertiary/aromatic N) is 2. The largest absolute Gasteiger partial charge is 0.314 e. The van der Waals surface area contributed by atoms with Crippen LogP contribution >= 0.6 is 11.3 Å². The number of aryl methyl sites for hydroxylation is 1. The topological polar surface area (TPSA) is 28.2 Å². The van der Waals surface area contributed by atoms with Crippen molar-refractivity contribution in [1.82, 2.24) is 15.2 Å². The van der Waals surface area contributed by atoms with Crippen molar-refractivity contribution in [3.63, 3.8) is 0 Å². The Bertz CT molecular complexity index is 541. The summed E-state index contributed by atoms with van der Waals surface area (Å²) in [6.07, 6.45) is 1.09. The number of hydrogen-bond donors (Lipinski definition) is 1. The zero-order valence-corrected chi connectivity index (χ0v) is 12.7. The fourth-order valence-corrected chi connectivity index (χ4v) is 3.31. The standard InChI is InChI=1S/C16H21N3S/c1-2-13-3-5-14(6-4-13)16-18-15(12-20-16)11-19-9-7-17-8-10-19/h3-6,12,17H,2,7-11H2,1H3. The molecule has 20 heavy (non-hydrogen) atoms. The number of aromatic nitrogens is 1. The zero-order chi connectivity index (χ0) is 13.8. The number of benzene rings is 1. The van der Waals surface area contributed by atoms with Gasteiger partial charge in [0.05, 0.1) is 5.69 Å². The lowest BCUT2D eigenvalue weighted by Crippen LogP contribution is -2.42. The van der Waals surface area contributed by atoms with E-state index in [1.165, 1.54) is 16.8 Å². The molecule has 1 N–H and O–H groups in total. The lowest BCUT2D eigenvalue weighted by molar-refractivity contribution is 0.231. The smallest absolute Gasteiger partial charge is 0.123 e. The van der Waals surface area contributed by atoms with E-state index in [0.29, 0.717) is 0 Å². The summed E-state index contributed by atoms with van der Waals surface area (Å²) >= 11 is 1.75. The molecule has 2 aromatic rings. The van der Waals surface area contributed by atoms with E-state index >= 15 is 0 Å². The van der Waals surface area contributed by atoms with Gasteiger partial charge in [0.25, 0.3) is 0 Å². The molecule has 0 aliphatic carbocycles. The summed E-state index contributed by atoms with van der Waals surface area (Å²) in [6, 6.07) is 8.78. The quantitative estimate of drug-likeness (QED) is 0.937. The summed E-state index contributed by atoms with van der Waals surface area (Å²) in [6.45, 7) is 7.59. The molecule has 106 valence electrons. The van der Waals surface area contributed by atoms with Crippen LogP contribution in [-0.4, -0.2) is 36.1 Å². The van der Waals surface area contributed by atoms with Crippen molar-refractivity contribution in [3.05, 3.63) is 40.9 Å². The molecule has 1 aliphatic heterocycles. The molecule has 0 radical (unpaired) electrons. The Hall–Kier alpha value is -1.23. The predicted molar refractivity (Wildman–Crippen MR) is 85.1 cm³/mol. The fourth-order valence-electron chi connectivity index (χ4n) is 2.49. The predicted octanol–water partition coefficient (Wildman–Crippen LogP) is 2.78. The minimum atomic E-state index is 0.977. The minimum absolute atomic E-state index is 0.977. The van der Waals surface area contributed by atoms with Gasteiger partial charge >= 0.3 is 0 Å². The Morgan fingerprint density at radius 3 is 2.65 bits per heavy atom. The molecule has 0 saturated carbocycles. The van der Waals surface area contributed by atoms with Crippen LogP contribution in [0.15, 0.2) is 29.6 Å². The van der Waals surface area contributed by atoms with Crippen LogP contribution in [0.1, 0.15) is 18.2 Å². The summed E-state index contributed by atoms with van der Waals surface area (Å²) in [5.74, 6) is 0. The van der Waals surface area contributed by atoms with Crippen LogP contribution in [0.3, 0.4) is 0 Å². The van der Waals surface area contributed by atoms with Crippen molar-refractivity contribution in [2.24, 2.45) is 0 Å². The monoisotopic (exact) mass is 287 g/mol. The van der Waals surface area contributed by atoms with E-state index < -0.39 is 0 Å². The molecule has 1 fully saturated rings. The van der Waals surface area contributed by atoms with E-state index in [1.807, 2.05) is 0 Å². The third-order valence-electron chi connectivity index (χ3n) is 3.76. The Kier molecular flexibility index (Phi) is 4.45. The molecule has 2 heterocycles. The molecular formula is C16H21N3S. The molecule has 3 nitrogen and oxygen atoms in total. The van der Waals surface area contributed by atoms with E-state index in [2.05, 4.69) is 46.8 Å². The summed E-state index contributed by atoms with van der Waals surface area (Å²) in [5.41, 5.74) is 3.82. The molecule has 1 aromatic carbocycles. The second-order valence-corrected chi connectivity index (χ2v) is 6.08. The van der Waals surface area contributed by atoms with Gasteiger partial charge in [0, 0.05) is 43.7 Å². The van der Waals surface area contributed by atoms with Gasteiger partial charge in [-0.1, -0.05) is 31.2 Å². The Morgan fingerprint density at radius 1 is 1.20 bits per heavy atom. The fraction of sp³-hybridized carbons (Fsp3) is 0.438. The molecule has 3 rings (SSSR count). The van der Waals surface area contributed by atoms with Gasteiger partial charge in [-0.3, -0.25) is 4.90 Å². The molecule has 0 atom stereocenters. The molecule has 1 aromatic heterocycles. The number of nitrogens with one attached hydrogen (secondary N) is 1. The number of rotatable bonds is 4. The second kappa shape index (κ2) is 6.48. The van der Waals surface area contributed by atoms with E-state index in [9.17, 15) is 0 Å². The van der Waals surface area contributed by atoms with Crippen LogP contribution in [0.25, 0.3) is 10.6 Å². The average molecular weight is 287 g/mol. The Balaban J connectivity index is 1.68. The summed E-state index contributed by atoms with van der Waals surface area (Å²) in [4.78, 5) is 7.25. The van der Waals surface area contributed by atoms with Gasteiger partial charge < -0.3 is 5.32 Å². The average Bonchev–Trinajstić information content (AvgIpc) is 2.97. The van der Waals surface area contributed by atoms with Gasteiger partial charge in [-0.2, -0.15) is 0 Å². The molecule has 1 saturated heterocycles. The highest BCUT2D eigenvalue weighted by molar-refractivity contribution is 7.13. The molecule has 0 spiro atoms. The zero-order valence-electron chi connectivity index (χ0n) is 11.9. The molecule has 4 heteroatoms. The lowest BCUT2D eigenvalue weighted by atomic mass is 10.1. The Labute approximate surface area is 124 Å². The lowest BCUT2D eigenvalue weighted by Gasteiger charge is -2.26. The van der Waals surface area contributed by atoms with Crippen LogP contribution < -0.4 is 5.32 Å². The van der Waals surface area contributed by atoms with Crippen molar-refractivity contribution in [2.75, 3.05) is 26.2 Å². The third kappa shape index (κ3) is 3.26. The normalized spacial score (nSPS) is 16.4. The minimum Gasteiger partial charge on any atom is -0.314 e. The first-order chi connectivity index (χ1) is 9.85. The van der Waals surface area contributed by atoms with Crippen molar-refractivity contribution < 1.29 is 0 Å². The molecule has 0 unspecified atom stereocenters. The van der Waals surface area contributed by atoms with Crippen molar-refractivity contribution in [2.45, 2.75) is 19.9 Å². The molecule has 0 amide bonds. The number of thiazole rings is 1. The van der Waals surface area contributed by atoms with Crippen molar-refractivity contribution >= 4 is 11.3 Å². The highest BCUT2D eigenvalue weighted by Gasteiger charge is 2.12. The molecule has 1 aliphatic rings. The van der Waals surface area contributed by atoms with E-state index in [0.717, 1.165) is 44.2 Å². The van der Waals surface area contributed by atoms with Crippen molar-refractivity contribution in [3.8, 4) is 10.6 Å². The van der Waals surface area contributed by atoms with Crippen LogP contribution in [0.2, 0.25) is 0 Å². The van der Waals surface area contributed by atoms with Crippen LogP contribution in [0.5, 0.6) is 0 Å². The second-order valence-electron chi connectivity index (χ2n) is 5.22. The highest BCUT2D eigenvalue weighted by Crippen LogP contribution is 2.24. The summed E-state index contributed by atoms with van der Waals surface area (Å²) in [5, 5.41) is 6.72.